The molecular weight excluding hydrogens is 300 g/mol. The van der Waals surface area contributed by atoms with Crippen LogP contribution in [0.5, 0.6) is 0 Å². The maximum Gasteiger partial charge on any atom is 0.273 e. The Bertz CT molecular complexity index is 637. The predicted octanol–water partition coefficient (Wildman–Crippen LogP) is 2.20. The van der Waals surface area contributed by atoms with Gasteiger partial charge in [-0.1, -0.05) is 13.3 Å². The second kappa shape index (κ2) is 6.16. The number of rotatable bonds is 3. The number of anilines is 1. The quantitative estimate of drug-likeness (QED) is 0.928. The maximum absolute atomic E-state index is 12.2. The summed E-state index contributed by atoms with van der Waals surface area (Å²) >= 11 is 1.57. The molecule has 0 aromatic carbocycles. The van der Waals surface area contributed by atoms with Crippen LogP contribution < -0.4 is 5.32 Å². The number of aryl methyl sites for hydroxylation is 1. The average Bonchev–Trinajstić information content (AvgIpc) is 2.90. The monoisotopic (exact) mass is 320 g/mol. The third-order valence-corrected chi connectivity index (χ3v) is 5.34. The largest absolute Gasteiger partial charge is 0.297 e. The molecule has 22 heavy (non-hydrogen) atoms. The van der Waals surface area contributed by atoms with E-state index in [0.29, 0.717) is 23.7 Å². The Morgan fingerprint density at radius 3 is 2.95 bits per heavy atom. The minimum absolute atomic E-state index is 0.0631. The Balaban J connectivity index is 1.69. The van der Waals surface area contributed by atoms with Crippen LogP contribution in [0.4, 0.5) is 5.13 Å². The number of nitrogens with one attached hydrogen (secondary N) is 1. The van der Waals surface area contributed by atoms with Gasteiger partial charge in [-0.15, -0.1) is 11.3 Å². The van der Waals surface area contributed by atoms with Gasteiger partial charge in [0.15, 0.2) is 5.13 Å². The third-order valence-electron chi connectivity index (χ3n) is 4.31. The number of thiazole rings is 1. The number of carbonyl (C=O) groups excluding carboxylic acids is 2. The molecule has 2 amide bonds. The maximum atomic E-state index is 12.2. The molecule has 0 saturated heterocycles. The summed E-state index contributed by atoms with van der Waals surface area (Å²) in [5, 5.41) is 8.75. The summed E-state index contributed by atoms with van der Waals surface area (Å²) < 4.78 is 0. The summed E-state index contributed by atoms with van der Waals surface area (Å²) in [6, 6.07) is 0. The first kappa shape index (κ1) is 15.1. The van der Waals surface area contributed by atoms with Crippen molar-refractivity contribution in [3.63, 3.8) is 0 Å². The summed E-state index contributed by atoms with van der Waals surface area (Å²) in [5.41, 5.74) is 1.52. The zero-order valence-corrected chi connectivity index (χ0v) is 13.7. The van der Waals surface area contributed by atoms with Gasteiger partial charge in [-0.25, -0.2) is 9.99 Å². The summed E-state index contributed by atoms with van der Waals surface area (Å²) in [5.74, 6) is 0.420. The lowest BCUT2D eigenvalue weighted by Crippen LogP contribution is -2.34. The molecule has 1 unspecified atom stereocenters. The smallest absolute Gasteiger partial charge is 0.273 e. The lowest BCUT2D eigenvalue weighted by Gasteiger charge is -2.18. The van der Waals surface area contributed by atoms with E-state index in [-0.39, 0.29) is 11.8 Å². The van der Waals surface area contributed by atoms with E-state index in [0.717, 1.165) is 24.5 Å². The fourth-order valence-electron chi connectivity index (χ4n) is 2.85. The highest BCUT2D eigenvalue weighted by atomic mass is 32.1. The Morgan fingerprint density at radius 2 is 2.23 bits per heavy atom. The number of nitrogens with zero attached hydrogens (tertiary/aromatic N) is 3. The van der Waals surface area contributed by atoms with Crippen LogP contribution in [-0.2, 0) is 22.4 Å². The molecule has 0 bridgehead atoms. The van der Waals surface area contributed by atoms with Gasteiger partial charge in [-0.05, 0) is 25.2 Å². The lowest BCUT2D eigenvalue weighted by molar-refractivity contribution is -0.130. The third kappa shape index (κ3) is 3.04. The standard InChI is InChI=1S/C15H20N4O2S/c1-3-9-4-5-10-12(8-9)22-15(16-10)17-14(21)11-6-7-13(20)19(2)18-11/h9H,3-8H2,1-2H3,(H,16,17,21). The predicted molar refractivity (Wildman–Crippen MR) is 86.0 cm³/mol. The molecular formula is C15H20N4O2S. The number of hydrazone groups is 1. The highest BCUT2D eigenvalue weighted by Crippen LogP contribution is 2.33. The number of aromatic nitrogens is 1. The van der Waals surface area contributed by atoms with E-state index in [1.807, 2.05) is 0 Å². The molecule has 0 saturated carbocycles. The number of fused-ring (bicyclic) bond motifs is 1. The summed E-state index contributed by atoms with van der Waals surface area (Å²) in [4.78, 5) is 29.5. The molecule has 0 fully saturated rings. The van der Waals surface area contributed by atoms with Gasteiger partial charge < -0.3 is 0 Å². The molecule has 0 spiro atoms. The van der Waals surface area contributed by atoms with Crippen molar-refractivity contribution in [1.82, 2.24) is 9.99 Å². The van der Waals surface area contributed by atoms with Gasteiger partial charge in [0.25, 0.3) is 5.91 Å². The van der Waals surface area contributed by atoms with Gasteiger partial charge in [-0.2, -0.15) is 5.10 Å². The zero-order chi connectivity index (χ0) is 15.7. The highest BCUT2D eigenvalue weighted by Gasteiger charge is 2.25. The minimum atomic E-state index is -0.252. The molecule has 118 valence electrons. The molecule has 3 rings (SSSR count). The summed E-state index contributed by atoms with van der Waals surface area (Å²) in [6.07, 6.45) is 5.15. The van der Waals surface area contributed by atoms with Crippen LogP contribution in [0.1, 0.15) is 43.2 Å². The second-order valence-corrected chi connectivity index (χ2v) is 6.91. The van der Waals surface area contributed by atoms with Crippen molar-refractivity contribution in [2.45, 2.75) is 45.4 Å². The first-order valence-electron chi connectivity index (χ1n) is 7.70. The number of hydrogen-bond acceptors (Lipinski definition) is 5. The van der Waals surface area contributed by atoms with Crippen LogP contribution >= 0.6 is 11.3 Å². The van der Waals surface area contributed by atoms with E-state index in [1.54, 1.807) is 18.4 Å². The number of hydrogen-bond donors (Lipinski definition) is 1. The highest BCUT2D eigenvalue weighted by molar-refractivity contribution is 7.16. The SMILES string of the molecule is CCC1CCc2nc(NC(=O)C3=NN(C)C(=O)CC3)sc2C1. The zero-order valence-electron chi connectivity index (χ0n) is 12.9. The molecule has 6 nitrogen and oxygen atoms in total. The first-order chi connectivity index (χ1) is 10.6. The molecule has 7 heteroatoms. The van der Waals surface area contributed by atoms with E-state index in [2.05, 4.69) is 22.3 Å². The fourth-order valence-corrected chi connectivity index (χ4v) is 3.96. The van der Waals surface area contributed by atoms with E-state index >= 15 is 0 Å². The topological polar surface area (TPSA) is 74.7 Å². The van der Waals surface area contributed by atoms with Gasteiger partial charge in [0.1, 0.15) is 5.71 Å². The molecule has 1 atom stereocenters. The lowest BCUT2D eigenvalue weighted by atomic mass is 9.89. The van der Waals surface area contributed by atoms with E-state index < -0.39 is 0 Å². The Hall–Kier alpha value is -1.76. The van der Waals surface area contributed by atoms with E-state index in [1.165, 1.54) is 22.7 Å². The van der Waals surface area contributed by atoms with Crippen molar-refractivity contribution in [1.29, 1.82) is 0 Å². The van der Waals surface area contributed by atoms with Gasteiger partial charge in [0.05, 0.1) is 5.69 Å². The number of amides is 2. The molecule has 0 radical (unpaired) electrons. The normalized spacial score (nSPS) is 21.4. The van der Waals surface area contributed by atoms with Crippen molar-refractivity contribution in [3.05, 3.63) is 10.6 Å². The average molecular weight is 320 g/mol. The van der Waals surface area contributed by atoms with Crippen LogP contribution in [0.15, 0.2) is 5.10 Å². The molecule has 1 aromatic rings. The van der Waals surface area contributed by atoms with Gasteiger partial charge >= 0.3 is 0 Å². The Morgan fingerprint density at radius 1 is 1.41 bits per heavy atom. The molecule has 2 aliphatic rings. The van der Waals surface area contributed by atoms with Gasteiger partial charge in [0, 0.05) is 24.8 Å². The van der Waals surface area contributed by atoms with E-state index in [9.17, 15) is 9.59 Å². The molecule has 1 aliphatic heterocycles. The van der Waals surface area contributed by atoms with Crippen LogP contribution in [0.3, 0.4) is 0 Å². The molecule has 1 N–H and O–H groups in total. The summed E-state index contributed by atoms with van der Waals surface area (Å²) in [7, 11) is 1.57. The first-order valence-corrected chi connectivity index (χ1v) is 8.52. The van der Waals surface area contributed by atoms with Crippen molar-refractivity contribution >= 4 is 34.0 Å². The molecule has 1 aliphatic carbocycles. The Labute approximate surface area is 133 Å². The van der Waals surface area contributed by atoms with Crippen molar-refractivity contribution in [3.8, 4) is 0 Å². The van der Waals surface area contributed by atoms with Crippen molar-refractivity contribution < 1.29 is 9.59 Å². The second-order valence-electron chi connectivity index (χ2n) is 5.82. The van der Waals surface area contributed by atoms with Gasteiger partial charge in [0.2, 0.25) is 5.91 Å². The summed E-state index contributed by atoms with van der Waals surface area (Å²) in [6.45, 7) is 2.22. The van der Waals surface area contributed by atoms with Crippen molar-refractivity contribution in [2.75, 3.05) is 12.4 Å². The van der Waals surface area contributed by atoms with Crippen LogP contribution in [0.25, 0.3) is 0 Å². The van der Waals surface area contributed by atoms with Crippen LogP contribution in [0.2, 0.25) is 0 Å². The van der Waals surface area contributed by atoms with Crippen LogP contribution in [-0.4, -0.2) is 34.6 Å². The van der Waals surface area contributed by atoms with Gasteiger partial charge in [-0.3, -0.25) is 14.9 Å². The van der Waals surface area contributed by atoms with E-state index in [4.69, 9.17) is 0 Å². The molecule has 1 aromatic heterocycles. The fraction of sp³-hybridized carbons (Fsp3) is 0.600. The minimum Gasteiger partial charge on any atom is -0.297 e. The van der Waals surface area contributed by atoms with Crippen molar-refractivity contribution in [2.24, 2.45) is 11.0 Å². The molecule has 2 heterocycles. The van der Waals surface area contributed by atoms with Crippen LogP contribution in [0, 0.1) is 5.92 Å². The number of carbonyl (C=O) groups is 2. The Kier molecular flexibility index (Phi) is 4.24.